The molecule has 1 N–H and O–H groups in total. The van der Waals surface area contributed by atoms with E-state index in [1.165, 1.54) is 24.3 Å². The highest BCUT2D eigenvalue weighted by molar-refractivity contribution is 5.95. The Hall–Kier alpha value is -3.22. The molecule has 1 aliphatic carbocycles. The molecule has 0 fully saturated rings. The summed E-state index contributed by atoms with van der Waals surface area (Å²) in [6.07, 6.45) is 9.13. The first-order chi connectivity index (χ1) is 11.9. The van der Waals surface area contributed by atoms with Crippen molar-refractivity contribution in [1.82, 2.24) is 4.57 Å². The minimum atomic E-state index is -1.04. The Kier molecular flexibility index (Phi) is 5.84. The largest absolute Gasteiger partial charge is 0.477 e. The van der Waals surface area contributed by atoms with Crippen LogP contribution in [0.25, 0.3) is 10.9 Å². The molecule has 7 heteroatoms. The van der Waals surface area contributed by atoms with Crippen LogP contribution in [0.1, 0.15) is 23.8 Å². The number of carboxylic acid groups (broad SMARTS) is 1. The molecule has 1 aromatic heterocycles. The number of carbonyl (C=O) groups is 1. The lowest BCUT2D eigenvalue weighted by atomic mass is 10.2. The number of nitro benzene ring substituents is 1. The molecule has 1 heterocycles. The van der Waals surface area contributed by atoms with Gasteiger partial charge in [0.2, 0.25) is 0 Å². The van der Waals surface area contributed by atoms with Gasteiger partial charge in [0.25, 0.3) is 5.69 Å². The van der Waals surface area contributed by atoms with Gasteiger partial charge < -0.3 is 9.67 Å². The molecule has 6 nitrogen and oxygen atoms in total. The minimum absolute atomic E-state index is 0.0392. The number of nitrogens with zero attached hydrogens (tertiary/aromatic N) is 2. The predicted molar refractivity (Wildman–Crippen MR) is 93.3 cm³/mol. The van der Waals surface area contributed by atoms with Crippen LogP contribution in [0.2, 0.25) is 0 Å². The van der Waals surface area contributed by atoms with Crippen LogP contribution in [-0.4, -0.2) is 20.6 Å². The summed E-state index contributed by atoms with van der Waals surface area (Å²) >= 11 is 0. The molecular formula is C18H17FN2O4. The summed E-state index contributed by atoms with van der Waals surface area (Å²) in [5.74, 6) is -1.18. The first-order valence-electron chi connectivity index (χ1n) is 7.64. The molecule has 0 aliphatic heterocycles. The van der Waals surface area contributed by atoms with Crippen LogP contribution in [0.4, 0.5) is 10.1 Å². The molecule has 0 bridgehead atoms. The highest BCUT2D eigenvalue weighted by atomic mass is 19.1. The molecule has 0 spiro atoms. The summed E-state index contributed by atoms with van der Waals surface area (Å²) in [4.78, 5) is 21.1. The van der Waals surface area contributed by atoms with Gasteiger partial charge in [0.15, 0.2) is 0 Å². The van der Waals surface area contributed by atoms with Crippen LogP contribution in [0.3, 0.4) is 0 Å². The topological polar surface area (TPSA) is 85.4 Å². The maximum absolute atomic E-state index is 12.2. The number of aryl methyl sites for hydroxylation is 1. The maximum atomic E-state index is 12.2. The second-order valence-corrected chi connectivity index (χ2v) is 5.19. The predicted octanol–water partition coefficient (Wildman–Crippen LogP) is 4.62. The Balaban J connectivity index is 0.000000236. The number of allylic oxidation sites excluding steroid dienone is 6. The van der Waals surface area contributed by atoms with Gasteiger partial charge in [0, 0.05) is 29.6 Å². The van der Waals surface area contributed by atoms with Gasteiger partial charge in [-0.15, -0.1) is 0 Å². The molecule has 0 saturated carbocycles. The molecular weight excluding hydrogens is 327 g/mol. The Labute approximate surface area is 143 Å². The van der Waals surface area contributed by atoms with Crippen LogP contribution in [-0.2, 0) is 6.54 Å². The van der Waals surface area contributed by atoms with Crippen molar-refractivity contribution in [1.29, 1.82) is 0 Å². The number of benzene rings is 1. The standard InChI is InChI=1S/C11H10N2O4.C7H7F/c1-2-12-9-4-3-8(13(16)17)5-7(9)6-10(12)11(14)15;8-7-5-3-1-2-4-6-7/h3-6H,2H2,1H3,(H,14,15);1-3,5-6H,4H2. The van der Waals surface area contributed by atoms with E-state index < -0.39 is 10.9 Å². The molecule has 0 unspecified atom stereocenters. The van der Waals surface area contributed by atoms with Crippen LogP contribution >= 0.6 is 0 Å². The normalized spacial score (nSPS) is 13.0. The zero-order chi connectivity index (χ0) is 18.4. The number of halogens is 1. The monoisotopic (exact) mass is 344 g/mol. The van der Waals surface area contributed by atoms with E-state index in [1.807, 2.05) is 19.1 Å². The smallest absolute Gasteiger partial charge is 0.352 e. The van der Waals surface area contributed by atoms with Crippen LogP contribution < -0.4 is 0 Å². The summed E-state index contributed by atoms with van der Waals surface area (Å²) < 4.78 is 13.8. The molecule has 3 rings (SSSR count). The SMILES string of the molecule is CCn1c(C(=O)O)cc2cc([N+](=O)[O-])ccc21.FC1=CCC=CC=C1. The van der Waals surface area contributed by atoms with Crippen molar-refractivity contribution in [2.24, 2.45) is 0 Å². The van der Waals surface area contributed by atoms with Gasteiger partial charge >= 0.3 is 5.97 Å². The fourth-order valence-corrected chi connectivity index (χ4v) is 2.44. The number of aromatic carboxylic acids is 1. The van der Waals surface area contributed by atoms with Crippen molar-refractivity contribution < 1.29 is 19.2 Å². The van der Waals surface area contributed by atoms with Crippen molar-refractivity contribution >= 4 is 22.6 Å². The number of non-ortho nitro benzene ring substituents is 1. The molecule has 130 valence electrons. The number of nitro groups is 1. The third-order valence-electron chi connectivity index (χ3n) is 3.58. The van der Waals surface area contributed by atoms with E-state index in [9.17, 15) is 19.3 Å². The van der Waals surface area contributed by atoms with Crippen molar-refractivity contribution in [2.45, 2.75) is 19.9 Å². The summed E-state index contributed by atoms with van der Waals surface area (Å²) in [5, 5.41) is 20.2. The van der Waals surface area contributed by atoms with E-state index in [2.05, 4.69) is 0 Å². The zero-order valence-corrected chi connectivity index (χ0v) is 13.6. The number of aromatic nitrogens is 1. The van der Waals surface area contributed by atoms with Crippen molar-refractivity contribution in [2.75, 3.05) is 0 Å². The molecule has 0 radical (unpaired) electrons. The number of carboxylic acids is 1. The fourth-order valence-electron chi connectivity index (χ4n) is 2.44. The summed E-state index contributed by atoms with van der Waals surface area (Å²) in [6, 6.07) is 5.78. The second kappa shape index (κ2) is 8.05. The molecule has 25 heavy (non-hydrogen) atoms. The van der Waals surface area contributed by atoms with Crippen LogP contribution in [0, 0.1) is 10.1 Å². The van der Waals surface area contributed by atoms with E-state index in [1.54, 1.807) is 22.8 Å². The first-order valence-corrected chi connectivity index (χ1v) is 7.64. The van der Waals surface area contributed by atoms with Gasteiger partial charge in [-0.2, -0.15) is 0 Å². The maximum Gasteiger partial charge on any atom is 0.352 e. The van der Waals surface area contributed by atoms with Crippen molar-refractivity contribution in [3.63, 3.8) is 0 Å². The van der Waals surface area contributed by atoms with Gasteiger partial charge in [0.05, 0.1) is 4.92 Å². The number of fused-ring (bicyclic) bond motifs is 1. The highest BCUT2D eigenvalue weighted by Crippen LogP contribution is 2.24. The Morgan fingerprint density at radius 2 is 2.12 bits per heavy atom. The molecule has 0 saturated heterocycles. The summed E-state index contributed by atoms with van der Waals surface area (Å²) in [5.41, 5.74) is 0.793. The fraction of sp³-hybridized carbons (Fsp3) is 0.167. The highest BCUT2D eigenvalue weighted by Gasteiger charge is 2.15. The van der Waals surface area contributed by atoms with Crippen LogP contribution in [0.5, 0.6) is 0 Å². The summed E-state index contributed by atoms with van der Waals surface area (Å²) in [7, 11) is 0. The second-order valence-electron chi connectivity index (χ2n) is 5.19. The molecule has 2 aromatic rings. The quantitative estimate of drug-likeness (QED) is 0.650. The third kappa shape index (κ3) is 4.41. The third-order valence-corrected chi connectivity index (χ3v) is 3.58. The van der Waals surface area contributed by atoms with E-state index in [0.717, 1.165) is 0 Å². The van der Waals surface area contributed by atoms with Gasteiger partial charge in [-0.3, -0.25) is 10.1 Å². The summed E-state index contributed by atoms with van der Waals surface area (Å²) in [6.45, 7) is 2.33. The Morgan fingerprint density at radius 3 is 2.76 bits per heavy atom. The number of hydrogen-bond donors (Lipinski definition) is 1. The zero-order valence-electron chi connectivity index (χ0n) is 13.6. The van der Waals surface area contributed by atoms with E-state index in [0.29, 0.717) is 23.9 Å². The lowest BCUT2D eigenvalue weighted by Gasteiger charge is -2.03. The molecule has 1 aromatic carbocycles. The van der Waals surface area contributed by atoms with Gasteiger partial charge in [0.1, 0.15) is 11.5 Å². The number of rotatable bonds is 3. The molecule has 0 atom stereocenters. The average molecular weight is 344 g/mol. The van der Waals surface area contributed by atoms with Crippen molar-refractivity contribution in [3.8, 4) is 0 Å². The van der Waals surface area contributed by atoms with E-state index in [4.69, 9.17) is 5.11 Å². The Bertz CT molecular complexity index is 891. The number of hydrogen-bond acceptors (Lipinski definition) is 3. The van der Waals surface area contributed by atoms with Crippen LogP contribution in [0.15, 0.2) is 60.5 Å². The lowest BCUT2D eigenvalue weighted by molar-refractivity contribution is -0.384. The van der Waals surface area contributed by atoms with E-state index >= 15 is 0 Å². The van der Waals surface area contributed by atoms with Gasteiger partial charge in [-0.1, -0.05) is 18.2 Å². The van der Waals surface area contributed by atoms with Crippen molar-refractivity contribution in [3.05, 3.63) is 76.3 Å². The van der Waals surface area contributed by atoms with Gasteiger partial charge in [-0.25, -0.2) is 9.18 Å². The van der Waals surface area contributed by atoms with Gasteiger partial charge in [-0.05, 0) is 37.6 Å². The average Bonchev–Trinajstić information content (AvgIpc) is 2.79. The van der Waals surface area contributed by atoms with E-state index in [-0.39, 0.29) is 17.2 Å². The Morgan fingerprint density at radius 1 is 1.36 bits per heavy atom. The molecule has 0 amide bonds. The lowest BCUT2D eigenvalue weighted by Crippen LogP contribution is -2.06. The minimum Gasteiger partial charge on any atom is -0.477 e. The first kappa shape index (κ1) is 18.1. The molecule has 1 aliphatic rings.